The predicted octanol–water partition coefficient (Wildman–Crippen LogP) is 4.23. The van der Waals surface area contributed by atoms with Crippen molar-refractivity contribution in [2.24, 2.45) is 5.16 Å². The molecule has 7 heteroatoms. The first-order valence-corrected chi connectivity index (χ1v) is 6.51. The van der Waals surface area contributed by atoms with Crippen LogP contribution in [0.2, 0.25) is 15.2 Å². The molecule has 0 amide bonds. The van der Waals surface area contributed by atoms with Crippen molar-refractivity contribution in [1.29, 1.82) is 0 Å². The van der Waals surface area contributed by atoms with Crippen LogP contribution in [0.5, 0.6) is 0 Å². The SMILES string of the molecule is O=C(O/N=C\c1cc(Cl)cc(Cl)c1)c1cccnc1Cl. The normalized spacial score (nSPS) is 10.8. The third-order valence-corrected chi connectivity index (χ3v) is 2.94. The predicted molar refractivity (Wildman–Crippen MR) is 78.7 cm³/mol. The summed E-state index contributed by atoms with van der Waals surface area (Å²) in [5.74, 6) is -0.701. The molecule has 0 atom stereocenters. The van der Waals surface area contributed by atoms with E-state index in [1.807, 2.05) is 0 Å². The van der Waals surface area contributed by atoms with Crippen molar-refractivity contribution in [2.75, 3.05) is 0 Å². The number of benzene rings is 1. The van der Waals surface area contributed by atoms with Gasteiger partial charge in [0.15, 0.2) is 0 Å². The number of rotatable bonds is 3. The summed E-state index contributed by atoms with van der Waals surface area (Å²) in [7, 11) is 0. The molecule has 1 aromatic heterocycles. The first-order valence-electron chi connectivity index (χ1n) is 5.37. The minimum atomic E-state index is -0.701. The Labute approximate surface area is 129 Å². The van der Waals surface area contributed by atoms with Gasteiger partial charge in [0, 0.05) is 16.2 Å². The number of carbonyl (C=O) groups is 1. The van der Waals surface area contributed by atoms with E-state index in [-0.39, 0.29) is 10.7 Å². The van der Waals surface area contributed by atoms with E-state index in [1.165, 1.54) is 18.5 Å². The lowest BCUT2D eigenvalue weighted by Gasteiger charge is -1.99. The average molecular weight is 330 g/mol. The van der Waals surface area contributed by atoms with Crippen LogP contribution in [0.15, 0.2) is 41.7 Å². The molecule has 1 heterocycles. The van der Waals surface area contributed by atoms with Gasteiger partial charge in [0.1, 0.15) is 5.15 Å². The summed E-state index contributed by atoms with van der Waals surface area (Å²) >= 11 is 17.4. The van der Waals surface area contributed by atoms with Gasteiger partial charge < -0.3 is 4.84 Å². The molecule has 0 saturated carbocycles. The van der Waals surface area contributed by atoms with Gasteiger partial charge in [-0.05, 0) is 35.9 Å². The lowest BCUT2D eigenvalue weighted by atomic mass is 10.2. The van der Waals surface area contributed by atoms with Crippen LogP contribution >= 0.6 is 34.8 Å². The maximum atomic E-state index is 11.7. The zero-order valence-electron chi connectivity index (χ0n) is 9.89. The molecule has 0 saturated heterocycles. The highest BCUT2D eigenvalue weighted by Crippen LogP contribution is 2.18. The van der Waals surface area contributed by atoms with Gasteiger partial charge in [-0.3, -0.25) is 0 Å². The van der Waals surface area contributed by atoms with E-state index in [2.05, 4.69) is 10.1 Å². The van der Waals surface area contributed by atoms with Crippen LogP contribution in [0.1, 0.15) is 15.9 Å². The number of carbonyl (C=O) groups excluding carboxylic acids is 1. The molecule has 0 fully saturated rings. The van der Waals surface area contributed by atoms with Crippen molar-refractivity contribution >= 4 is 47.0 Å². The Kier molecular flexibility index (Phi) is 4.95. The second-order valence-corrected chi connectivity index (χ2v) is 4.89. The fourth-order valence-electron chi connectivity index (χ4n) is 1.37. The van der Waals surface area contributed by atoms with E-state index in [4.69, 9.17) is 39.6 Å². The zero-order valence-corrected chi connectivity index (χ0v) is 12.2. The Morgan fingerprint density at radius 2 is 1.90 bits per heavy atom. The number of hydrogen-bond donors (Lipinski definition) is 0. The van der Waals surface area contributed by atoms with Crippen molar-refractivity contribution in [2.45, 2.75) is 0 Å². The molecule has 2 rings (SSSR count). The lowest BCUT2D eigenvalue weighted by Crippen LogP contribution is -2.02. The van der Waals surface area contributed by atoms with E-state index in [1.54, 1.807) is 24.3 Å². The second kappa shape index (κ2) is 6.70. The summed E-state index contributed by atoms with van der Waals surface area (Å²) in [5, 5.41) is 4.53. The van der Waals surface area contributed by atoms with E-state index >= 15 is 0 Å². The molecule has 4 nitrogen and oxygen atoms in total. The molecule has 102 valence electrons. The van der Waals surface area contributed by atoms with Gasteiger partial charge in [-0.1, -0.05) is 40.0 Å². The molecule has 0 aliphatic heterocycles. The summed E-state index contributed by atoms with van der Waals surface area (Å²) in [6, 6.07) is 7.90. The summed E-state index contributed by atoms with van der Waals surface area (Å²) in [5.41, 5.74) is 0.739. The molecule has 0 aliphatic carbocycles. The minimum absolute atomic E-state index is 0.0542. The largest absolute Gasteiger partial charge is 0.368 e. The average Bonchev–Trinajstić information content (AvgIpc) is 2.38. The number of halogens is 3. The van der Waals surface area contributed by atoms with Crippen LogP contribution in [0.4, 0.5) is 0 Å². The molecular formula is C13H7Cl3N2O2. The lowest BCUT2D eigenvalue weighted by molar-refractivity contribution is 0.0519. The molecule has 20 heavy (non-hydrogen) atoms. The summed E-state index contributed by atoms with van der Waals surface area (Å²) in [4.78, 5) is 20.2. The van der Waals surface area contributed by atoms with Gasteiger partial charge in [0.2, 0.25) is 0 Å². The van der Waals surface area contributed by atoms with Crippen molar-refractivity contribution in [1.82, 2.24) is 4.98 Å². The standard InChI is InChI=1S/C13H7Cl3N2O2/c14-9-4-8(5-10(15)6-9)7-18-20-13(19)11-2-1-3-17-12(11)16/h1-7H/b18-7-. The monoisotopic (exact) mass is 328 g/mol. The number of aromatic nitrogens is 1. The molecule has 1 aromatic carbocycles. The Bertz CT molecular complexity index is 654. The Hall–Kier alpha value is -1.62. The van der Waals surface area contributed by atoms with Crippen LogP contribution in [0, 0.1) is 0 Å². The highest BCUT2D eigenvalue weighted by atomic mass is 35.5. The molecule has 0 aliphatic rings. The van der Waals surface area contributed by atoms with Gasteiger partial charge in [-0.25, -0.2) is 9.78 Å². The van der Waals surface area contributed by atoms with Crippen LogP contribution in [-0.4, -0.2) is 17.2 Å². The maximum absolute atomic E-state index is 11.7. The van der Waals surface area contributed by atoms with Crippen LogP contribution in [-0.2, 0) is 4.84 Å². The van der Waals surface area contributed by atoms with E-state index < -0.39 is 5.97 Å². The fourth-order valence-corrected chi connectivity index (χ4v) is 2.11. The second-order valence-electron chi connectivity index (χ2n) is 3.66. The summed E-state index contributed by atoms with van der Waals surface area (Å²) in [6.07, 6.45) is 2.79. The number of hydrogen-bond acceptors (Lipinski definition) is 4. The third kappa shape index (κ3) is 3.93. The third-order valence-electron chi connectivity index (χ3n) is 2.20. The highest BCUT2D eigenvalue weighted by molar-refractivity contribution is 6.35. The molecular weight excluding hydrogens is 323 g/mol. The Balaban J connectivity index is 2.07. The van der Waals surface area contributed by atoms with E-state index in [0.717, 1.165) is 0 Å². The van der Waals surface area contributed by atoms with Crippen molar-refractivity contribution in [3.8, 4) is 0 Å². The first-order chi connectivity index (χ1) is 9.56. The van der Waals surface area contributed by atoms with E-state index in [0.29, 0.717) is 15.6 Å². The van der Waals surface area contributed by atoms with E-state index in [9.17, 15) is 4.79 Å². The zero-order chi connectivity index (χ0) is 14.5. The fraction of sp³-hybridized carbons (Fsp3) is 0. The van der Waals surface area contributed by atoms with Crippen LogP contribution < -0.4 is 0 Å². The maximum Gasteiger partial charge on any atom is 0.368 e. The van der Waals surface area contributed by atoms with Gasteiger partial charge in [0.25, 0.3) is 0 Å². The van der Waals surface area contributed by atoms with Gasteiger partial charge in [-0.2, -0.15) is 0 Å². The molecule has 0 N–H and O–H groups in total. The van der Waals surface area contributed by atoms with Gasteiger partial charge in [-0.15, -0.1) is 0 Å². The Morgan fingerprint density at radius 1 is 1.20 bits per heavy atom. The number of pyridine rings is 1. The highest BCUT2D eigenvalue weighted by Gasteiger charge is 2.11. The van der Waals surface area contributed by atoms with Crippen LogP contribution in [0.3, 0.4) is 0 Å². The van der Waals surface area contributed by atoms with Gasteiger partial charge >= 0.3 is 5.97 Å². The van der Waals surface area contributed by atoms with Crippen molar-refractivity contribution < 1.29 is 9.63 Å². The molecule has 0 radical (unpaired) electrons. The van der Waals surface area contributed by atoms with Gasteiger partial charge in [0.05, 0.1) is 11.8 Å². The quantitative estimate of drug-likeness (QED) is 0.366. The Morgan fingerprint density at radius 3 is 2.55 bits per heavy atom. The minimum Gasteiger partial charge on any atom is -0.313 e. The number of nitrogens with zero attached hydrogens (tertiary/aromatic N) is 2. The van der Waals surface area contributed by atoms with Crippen molar-refractivity contribution in [3.05, 3.63) is 62.9 Å². The topological polar surface area (TPSA) is 51.5 Å². The smallest absolute Gasteiger partial charge is 0.313 e. The summed E-state index contributed by atoms with van der Waals surface area (Å²) in [6.45, 7) is 0. The molecule has 0 bridgehead atoms. The molecule has 0 spiro atoms. The van der Waals surface area contributed by atoms with Crippen LogP contribution in [0.25, 0.3) is 0 Å². The molecule has 0 unspecified atom stereocenters. The first kappa shape index (κ1) is 14.8. The van der Waals surface area contributed by atoms with Crippen molar-refractivity contribution in [3.63, 3.8) is 0 Å². The summed E-state index contributed by atoms with van der Waals surface area (Å²) < 4.78 is 0. The number of oxime groups is 1. The molecule has 2 aromatic rings.